The Hall–Kier alpha value is -2.90. The number of rotatable bonds is 10. The highest BCUT2D eigenvalue weighted by molar-refractivity contribution is 5.38. The van der Waals surface area contributed by atoms with Gasteiger partial charge in [-0.2, -0.15) is 0 Å². The molecule has 2 aliphatic rings. The normalized spacial score (nSPS) is 24.4. The van der Waals surface area contributed by atoms with Crippen molar-refractivity contribution in [2.45, 2.75) is 101 Å². The first-order chi connectivity index (χ1) is 18.9. The predicted octanol–water partition coefficient (Wildman–Crippen LogP) is 11.2. The summed E-state index contributed by atoms with van der Waals surface area (Å²) in [6, 6.07) is 0. The monoisotopic (exact) mass is 538 g/mol. The Morgan fingerprint density at radius 2 is 1.23 bits per heavy atom. The molecule has 0 bridgehead atoms. The number of allylic oxidation sites excluding steroid dienone is 21. The van der Waals surface area contributed by atoms with Gasteiger partial charge < -0.3 is 5.11 Å². The number of hydrogen-bond donors (Lipinski definition) is 1. The number of aliphatic hydroxyl groups is 1. The molecule has 0 aromatic heterocycles. The highest BCUT2D eigenvalue weighted by Gasteiger charge is 2.31. The van der Waals surface area contributed by atoms with Crippen molar-refractivity contribution in [2.24, 2.45) is 11.3 Å². The van der Waals surface area contributed by atoms with Crippen LogP contribution in [0.3, 0.4) is 0 Å². The van der Waals surface area contributed by atoms with Gasteiger partial charge in [0.1, 0.15) is 0 Å². The van der Waals surface area contributed by atoms with Gasteiger partial charge in [0.2, 0.25) is 0 Å². The molecular formula is C39H54O. The van der Waals surface area contributed by atoms with Crippen LogP contribution < -0.4 is 0 Å². The third-order valence-electron chi connectivity index (χ3n) is 7.99. The summed E-state index contributed by atoms with van der Waals surface area (Å²) < 4.78 is 0. The Morgan fingerprint density at radius 1 is 0.725 bits per heavy atom. The summed E-state index contributed by atoms with van der Waals surface area (Å²) in [4.78, 5) is 0. The van der Waals surface area contributed by atoms with Gasteiger partial charge in [-0.1, -0.05) is 139 Å². The third-order valence-corrected chi connectivity index (χ3v) is 7.99. The lowest BCUT2D eigenvalue weighted by molar-refractivity contribution is 0.116. The molecule has 0 aliphatic heterocycles. The lowest BCUT2D eigenvalue weighted by Gasteiger charge is -2.35. The summed E-state index contributed by atoms with van der Waals surface area (Å²) in [6.45, 7) is 19.8. The van der Waals surface area contributed by atoms with E-state index >= 15 is 0 Å². The fourth-order valence-corrected chi connectivity index (χ4v) is 5.66. The standard InChI is InChI=1S/C39H54O/c1-29(17-12-19-31(3)23-25-37-33(5)21-14-22-34(37)6)15-10-11-16-30(2)18-13-20-32(4)24-26-38-35(7)27-36(40)28-39(38,8)9/h10-13,15-20,23-26,33,36,40H,14,21-22,27-28H2,1-9H3/b11-10+,17-12+,18-13+,25-23+,26-24+,29-15+,30-16+,31-19+,32-20+/t33?,36-/m1/s1. The van der Waals surface area contributed by atoms with E-state index in [-0.39, 0.29) is 11.5 Å². The van der Waals surface area contributed by atoms with Crippen molar-refractivity contribution in [3.8, 4) is 0 Å². The van der Waals surface area contributed by atoms with Gasteiger partial charge in [-0.3, -0.25) is 0 Å². The van der Waals surface area contributed by atoms with Gasteiger partial charge in [-0.05, 0) is 96.1 Å². The Balaban J connectivity index is 1.88. The molecule has 1 unspecified atom stereocenters. The lowest BCUT2D eigenvalue weighted by atomic mass is 9.71. The summed E-state index contributed by atoms with van der Waals surface area (Å²) in [7, 11) is 0. The van der Waals surface area contributed by atoms with E-state index in [9.17, 15) is 5.11 Å². The van der Waals surface area contributed by atoms with Crippen molar-refractivity contribution in [1.82, 2.24) is 0 Å². The van der Waals surface area contributed by atoms with Crippen molar-refractivity contribution >= 4 is 0 Å². The first-order valence-electron chi connectivity index (χ1n) is 15.0. The summed E-state index contributed by atoms with van der Waals surface area (Å²) in [5, 5.41) is 10.1. The van der Waals surface area contributed by atoms with E-state index in [2.05, 4.69) is 147 Å². The van der Waals surface area contributed by atoms with Crippen LogP contribution in [0.2, 0.25) is 0 Å². The molecular weight excluding hydrogens is 484 g/mol. The van der Waals surface area contributed by atoms with Gasteiger partial charge in [-0.25, -0.2) is 0 Å². The Morgan fingerprint density at radius 3 is 1.75 bits per heavy atom. The van der Waals surface area contributed by atoms with E-state index in [1.165, 1.54) is 58.3 Å². The number of hydrogen-bond acceptors (Lipinski definition) is 1. The summed E-state index contributed by atoms with van der Waals surface area (Å²) in [5.74, 6) is 0.680. The van der Waals surface area contributed by atoms with E-state index in [4.69, 9.17) is 0 Å². The van der Waals surface area contributed by atoms with Crippen LogP contribution in [0.15, 0.2) is 130 Å². The lowest BCUT2D eigenvalue weighted by Crippen LogP contribution is -2.28. The summed E-state index contributed by atoms with van der Waals surface area (Å²) in [5.41, 5.74) is 10.7. The molecule has 0 radical (unpaired) electrons. The van der Waals surface area contributed by atoms with Crippen molar-refractivity contribution in [3.05, 3.63) is 130 Å². The van der Waals surface area contributed by atoms with Crippen LogP contribution in [0.1, 0.15) is 94.4 Å². The zero-order valence-corrected chi connectivity index (χ0v) is 26.7. The number of aliphatic hydroxyl groups excluding tert-OH is 1. The van der Waals surface area contributed by atoms with Gasteiger partial charge in [-0.15, -0.1) is 0 Å². The fourth-order valence-electron chi connectivity index (χ4n) is 5.66. The van der Waals surface area contributed by atoms with E-state index in [0.717, 1.165) is 12.8 Å². The molecule has 2 atom stereocenters. The molecule has 1 N–H and O–H groups in total. The molecule has 0 saturated carbocycles. The Kier molecular flexibility index (Phi) is 13.6. The van der Waals surface area contributed by atoms with Crippen LogP contribution >= 0.6 is 0 Å². The molecule has 0 aromatic rings. The average molecular weight is 539 g/mol. The highest BCUT2D eigenvalue weighted by atomic mass is 16.3. The Labute approximate surface area is 246 Å². The minimum absolute atomic E-state index is 0.0140. The smallest absolute Gasteiger partial charge is 0.0585 e. The van der Waals surface area contributed by atoms with Crippen molar-refractivity contribution < 1.29 is 5.11 Å². The molecule has 216 valence electrons. The molecule has 1 heteroatoms. The third kappa shape index (κ3) is 11.7. The molecule has 1 nitrogen and oxygen atoms in total. The molecule has 2 aliphatic carbocycles. The highest BCUT2D eigenvalue weighted by Crippen LogP contribution is 2.41. The first-order valence-corrected chi connectivity index (χ1v) is 15.0. The zero-order valence-electron chi connectivity index (χ0n) is 26.7. The molecule has 2 rings (SSSR count). The van der Waals surface area contributed by atoms with Crippen LogP contribution in [-0.2, 0) is 0 Å². The maximum Gasteiger partial charge on any atom is 0.0585 e. The molecule has 0 spiro atoms. The predicted molar refractivity (Wildman–Crippen MR) is 178 cm³/mol. The minimum atomic E-state index is -0.219. The second kappa shape index (κ2) is 16.4. The van der Waals surface area contributed by atoms with Gasteiger partial charge in [0.25, 0.3) is 0 Å². The van der Waals surface area contributed by atoms with E-state index in [1.807, 2.05) is 0 Å². The zero-order chi connectivity index (χ0) is 29.7. The quantitative estimate of drug-likeness (QED) is 0.274. The second-order valence-electron chi connectivity index (χ2n) is 12.6. The largest absolute Gasteiger partial charge is 0.393 e. The van der Waals surface area contributed by atoms with Crippen LogP contribution in [0.4, 0.5) is 0 Å². The van der Waals surface area contributed by atoms with Crippen LogP contribution in [0.5, 0.6) is 0 Å². The van der Waals surface area contributed by atoms with E-state index in [1.54, 1.807) is 5.57 Å². The molecule has 0 amide bonds. The molecule has 0 saturated heterocycles. The van der Waals surface area contributed by atoms with Crippen molar-refractivity contribution in [3.63, 3.8) is 0 Å². The summed E-state index contributed by atoms with van der Waals surface area (Å²) >= 11 is 0. The Bertz CT molecular complexity index is 1210. The topological polar surface area (TPSA) is 20.2 Å². The van der Waals surface area contributed by atoms with Gasteiger partial charge in [0.15, 0.2) is 0 Å². The molecule has 0 heterocycles. The van der Waals surface area contributed by atoms with E-state index < -0.39 is 0 Å². The molecule has 0 fully saturated rings. The second-order valence-corrected chi connectivity index (χ2v) is 12.6. The molecule has 40 heavy (non-hydrogen) atoms. The van der Waals surface area contributed by atoms with Crippen LogP contribution in [0.25, 0.3) is 0 Å². The van der Waals surface area contributed by atoms with Crippen LogP contribution in [-0.4, -0.2) is 11.2 Å². The molecule has 0 aromatic carbocycles. The van der Waals surface area contributed by atoms with Crippen molar-refractivity contribution in [2.75, 3.05) is 0 Å². The fraction of sp³-hybridized carbons (Fsp3) is 0.436. The SMILES string of the molecule is CC1=C(/C=C/C(C)=C/C=C/C(C)=C/C=C/C=C(C)/C=C/C=C(C)/C=C/C2=C(C)C[C@@H](O)CC2(C)C)C(C)CCC1. The van der Waals surface area contributed by atoms with Crippen molar-refractivity contribution in [1.29, 1.82) is 0 Å². The summed E-state index contributed by atoms with van der Waals surface area (Å²) in [6.07, 6.45) is 35.6. The van der Waals surface area contributed by atoms with Gasteiger partial charge in [0, 0.05) is 0 Å². The van der Waals surface area contributed by atoms with E-state index in [0.29, 0.717) is 5.92 Å². The minimum Gasteiger partial charge on any atom is -0.393 e. The first kappa shape index (κ1) is 33.3. The van der Waals surface area contributed by atoms with Gasteiger partial charge >= 0.3 is 0 Å². The average Bonchev–Trinajstić information content (AvgIpc) is 2.85. The van der Waals surface area contributed by atoms with Crippen LogP contribution in [0, 0.1) is 11.3 Å². The van der Waals surface area contributed by atoms with Gasteiger partial charge in [0.05, 0.1) is 6.10 Å². The maximum atomic E-state index is 10.1. The maximum absolute atomic E-state index is 10.1.